The Kier molecular flexibility index (Phi) is 8.98. The second kappa shape index (κ2) is 13.7. The standard InChI is InChI=1S/C41H47N7O6/c1-22(2)34(46-39(50)52-6)38(49)47-15-7-9-31(47)36-42-20-30(44-36)24-11-13-26-25(17-24)21-53-33-19-27-23(18-28(26)33)12-14-29-35(27)45-37(43-29)32-10-8-16-48(32)40(51)54-41(3,4)5/h11-14,17-20,22,31-32,34H,7-10,15-16,21H2,1-6H3,(H,42,44)(H,43,45)(H,46,50)/t31-,32?,34-/m0/s1. The van der Waals surface area contributed by atoms with Gasteiger partial charge in [-0.2, -0.15) is 0 Å². The van der Waals surface area contributed by atoms with Crippen molar-refractivity contribution in [3.63, 3.8) is 0 Å². The Balaban J connectivity index is 1.04. The van der Waals surface area contributed by atoms with E-state index in [2.05, 4.69) is 57.7 Å². The number of ether oxygens (including phenoxy) is 3. The Morgan fingerprint density at radius 3 is 2.44 bits per heavy atom. The maximum atomic E-state index is 13.6. The van der Waals surface area contributed by atoms with Crippen LogP contribution in [0.5, 0.6) is 5.75 Å². The minimum Gasteiger partial charge on any atom is -0.488 e. The molecule has 0 aliphatic carbocycles. The van der Waals surface area contributed by atoms with Gasteiger partial charge in [-0.3, -0.25) is 9.69 Å². The van der Waals surface area contributed by atoms with Crippen molar-refractivity contribution in [3.05, 3.63) is 65.9 Å². The maximum Gasteiger partial charge on any atom is 0.410 e. The van der Waals surface area contributed by atoms with Crippen LogP contribution in [-0.2, 0) is 20.9 Å². The zero-order valence-electron chi connectivity index (χ0n) is 31.6. The average Bonchev–Trinajstić information content (AvgIpc) is 3.97. The first-order chi connectivity index (χ1) is 25.9. The molecule has 2 aromatic heterocycles. The van der Waals surface area contributed by atoms with Crippen LogP contribution in [0.2, 0.25) is 0 Å². The lowest BCUT2D eigenvalue weighted by Gasteiger charge is -2.30. The number of carbonyl (C=O) groups is 3. The van der Waals surface area contributed by atoms with Gasteiger partial charge in [-0.05, 0) is 98.7 Å². The van der Waals surface area contributed by atoms with Crippen molar-refractivity contribution in [2.75, 3.05) is 20.2 Å². The van der Waals surface area contributed by atoms with Crippen LogP contribution >= 0.6 is 0 Å². The number of H-pyrrole nitrogens is 2. The molecule has 3 aliphatic heterocycles. The molecule has 54 heavy (non-hydrogen) atoms. The van der Waals surface area contributed by atoms with Gasteiger partial charge < -0.3 is 34.4 Å². The second-order valence-electron chi connectivity index (χ2n) is 15.9. The topological polar surface area (TPSA) is 155 Å². The molecule has 0 radical (unpaired) electrons. The number of aromatic nitrogens is 4. The normalized spacial score (nSPS) is 18.8. The molecule has 0 spiro atoms. The number of fused-ring (bicyclic) bond motifs is 6. The second-order valence-corrected chi connectivity index (χ2v) is 15.9. The lowest BCUT2D eigenvalue weighted by atomic mass is 9.92. The van der Waals surface area contributed by atoms with Crippen molar-refractivity contribution in [2.24, 2.45) is 5.92 Å². The van der Waals surface area contributed by atoms with Crippen LogP contribution in [0, 0.1) is 5.92 Å². The van der Waals surface area contributed by atoms with E-state index in [1.54, 1.807) is 4.90 Å². The predicted octanol–water partition coefficient (Wildman–Crippen LogP) is 7.78. The molecular formula is C41H47N7O6. The van der Waals surface area contributed by atoms with Crippen molar-refractivity contribution in [2.45, 2.75) is 90.6 Å². The van der Waals surface area contributed by atoms with Crippen LogP contribution < -0.4 is 10.1 Å². The number of nitrogens with one attached hydrogen (secondary N) is 3. The minimum absolute atomic E-state index is 0.106. The maximum absolute atomic E-state index is 13.6. The Bertz CT molecular complexity index is 2270. The zero-order valence-corrected chi connectivity index (χ0v) is 31.6. The number of aromatic amines is 2. The SMILES string of the molecule is COC(=O)N[C@H](C(=O)N1CCC[C@H]1c1ncc(-c2ccc3c(c2)COc2cc4c(ccc5[nH]c(C6CCCN6C(=O)OC(C)(C)C)nc54)cc2-3)[nH]1)C(C)C. The quantitative estimate of drug-likeness (QED) is 0.160. The molecule has 3 amide bonds. The number of carbonyl (C=O) groups excluding carboxylic acids is 3. The third kappa shape index (κ3) is 6.49. The Hall–Kier alpha value is -5.59. The molecule has 282 valence electrons. The fourth-order valence-electron chi connectivity index (χ4n) is 8.07. The summed E-state index contributed by atoms with van der Waals surface area (Å²) in [4.78, 5) is 59.0. The molecule has 5 heterocycles. The Labute approximate surface area is 313 Å². The molecule has 2 fully saturated rings. The summed E-state index contributed by atoms with van der Waals surface area (Å²) in [5.41, 5.74) is 6.21. The fourth-order valence-corrected chi connectivity index (χ4v) is 8.07. The Morgan fingerprint density at radius 2 is 1.70 bits per heavy atom. The summed E-state index contributed by atoms with van der Waals surface area (Å²) in [6.45, 7) is 11.1. The molecule has 2 saturated heterocycles. The molecular weight excluding hydrogens is 686 g/mol. The largest absolute Gasteiger partial charge is 0.488 e. The van der Waals surface area contributed by atoms with Gasteiger partial charge in [-0.25, -0.2) is 19.6 Å². The summed E-state index contributed by atoms with van der Waals surface area (Å²) in [6.07, 6.45) is 4.22. The summed E-state index contributed by atoms with van der Waals surface area (Å²) in [5, 5.41) is 4.74. The number of hydrogen-bond donors (Lipinski definition) is 3. The van der Waals surface area contributed by atoms with Crippen LogP contribution in [0.25, 0.3) is 44.2 Å². The highest BCUT2D eigenvalue weighted by molar-refractivity contribution is 6.07. The number of alkyl carbamates (subject to hydrolysis) is 1. The van der Waals surface area contributed by atoms with Crippen molar-refractivity contribution in [1.82, 2.24) is 35.1 Å². The van der Waals surface area contributed by atoms with Crippen LogP contribution in [0.15, 0.2) is 48.7 Å². The zero-order chi connectivity index (χ0) is 37.9. The van der Waals surface area contributed by atoms with E-state index in [0.717, 1.165) is 92.8 Å². The van der Waals surface area contributed by atoms with Gasteiger partial charge >= 0.3 is 12.2 Å². The first-order valence-corrected chi connectivity index (χ1v) is 18.8. The molecule has 8 rings (SSSR count). The molecule has 13 heteroatoms. The smallest absolute Gasteiger partial charge is 0.410 e. The molecule has 3 aliphatic rings. The van der Waals surface area contributed by atoms with Gasteiger partial charge in [0.2, 0.25) is 5.91 Å². The monoisotopic (exact) mass is 733 g/mol. The van der Waals surface area contributed by atoms with Gasteiger partial charge in [0.1, 0.15) is 35.6 Å². The number of likely N-dealkylation sites (tertiary alicyclic amines) is 2. The van der Waals surface area contributed by atoms with Gasteiger partial charge in [0.15, 0.2) is 0 Å². The van der Waals surface area contributed by atoms with Gasteiger partial charge in [0, 0.05) is 24.0 Å². The summed E-state index contributed by atoms with van der Waals surface area (Å²) >= 11 is 0. The summed E-state index contributed by atoms with van der Waals surface area (Å²) in [5.74, 6) is 2.04. The summed E-state index contributed by atoms with van der Waals surface area (Å²) in [7, 11) is 1.29. The highest BCUT2D eigenvalue weighted by Crippen LogP contribution is 2.43. The fraction of sp³-hybridized carbons (Fsp3) is 0.439. The Morgan fingerprint density at radius 1 is 0.944 bits per heavy atom. The van der Waals surface area contributed by atoms with Gasteiger partial charge in [0.25, 0.3) is 0 Å². The number of hydrogen-bond acceptors (Lipinski definition) is 8. The average molecular weight is 734 g/mol. The summed E-state index contributed by atoms with van der Waals surface area (Å²) in [6, 6.07) is 13.7. The molecule has 0 saturated carbocycles. The first kappa shape index (κ1) is 35.4. The third-order valence-electron chi connectivity index (χ3n) is 10.7. The number of methoxy groups -OCH3 is 1. The van der Waals surface area contributed by atoms with Gasteiger partial charge in [0.05, 0.1) is 42.1 Å². The number of nitrogens with zero attached hydrogens (tertiary/aromatic N) is 4. The van der Waals surface area contributed by atoms with Crippen LogP contribution in [0.1, 0.15) is 89.6 Å². The first-order valence-electron chi connectivity index (χ1n) is 18.8. The van der Waals surface area contributed by atoms with Crippen LogP contribution in [0.4, 0.5) is 9.59 Å². The molecule has 5 aromatic rings. The minimum atomic E-state index is -0.690. The van der Waals surface area contributed by atoms with E-state index < -0.39 is 17.7 Å². The van der Waals surface area contributed by atoms with E-state index >= 15 is 0 Å². The van der Waals surface area contributed by atoms with E-state index in [4.69, 9.17) is 24.2 Å². The van der Waals surface area contributed by atoms with E-state index in [1.807, 2.05) is 45.7 Å². The van der Waals surface area contributed by atoms with Crippen LogP contribution in [-0.4, -0.2) is 79.7 Å². The van der Waals surface area contributed by atoms with E-state index in [1.165, 1.54) is 7.11 Å². The number of amides is 3. The predicted molar refractivity (Wildman–Crippen MR) is 204 cm³/mol. The van der Waals surface area contributed by atoms with Crippen molar-refractivity contribution in [3.8, 4) is 28.1 Å². The van der Waals surface area contributed by atoms with Crippen molar-refractivity contribution >= 4 is 39.9 Å². The van der Waals surface area contributed by atoms with Crippen LogP contribution in [0.3, 0.4) is 0 Å². The van der Waals surface area contributed by atoms with Gasteiger partial charge in [-0.1, -0.05) is 32.0 Å². The molecule has 3 atom stereocenters. The highest BCUT2D eigenvalue weighted by atomic mass is 16.6. The molecule has 1 unspecified atom stereocenters. The molecule has 3 aromatic carbocycles. The summed E-state index contributed by atoms with van der Waals surface area (Å²) < 4.78 is 16.9. The number of rotatable bonds is 6. The highest BCUT2D eigenvalue weighted by Gasteiger charge is 2.38. The van der Waals surface area contributed by atoms with E-state index in [9.17, 15) is 14.4 Å². The van der Waals surface area contributed by atoms with E-state index in [-0.39, 0.29) is 30.0 Å². The van der Waals surface area contributed by atoms with Crippen molar-refractivity contribution in [1.29, 1.82) is 0 Å². The molecule has 0 bridgehead atoms. The third-order valence-corrected chi connectivity index (χ3v) is 10.7. The lowest BCUT2D eigenvalue weighted by Crippen LogP contribution is -2.51. The lowest BCUT2D eigenvalue weighted by molar-refractivity contribution is -0.135. The molecule has 13 nitrogen and oxygen atoms in total. The number of benzene rings is 3. The number of imidazole rings is 2. The van der Waals surface area contributed by atoms with Gasteiger partial charge in [-0.15, -0.1) is 0 Å². The molecule has 3 N–H and O–H groups in total. The van der Waals surface area contributed by atoms with E-state index in [0.29, 0.717) is 19.7 Å². The van der Waals surface area contributed by atoms with Crippen molar-refractivity contribution < 1.29 is 28.6 Å².